The van der Waals surface area contributed by atoms with Crippen molar-refractivity contribution >= 4 is 16.8 Å². The van der Waals surface area contributed by atoms with Gasteiger partial charge in [-0.25, -0.2) is 0 Å². The average molecular weight is 354 g/mol. The van der Waals surface area contributed by atoms with E-state index in [1.807, 2.05) is 0 Å². The Morgan fingerprint density at radius 3 is 2.88 bits per heavy atom. The molecule has 4 heteroatoms. The molecule has 1 aromatic carbocycles. The highest BCUT2D eigenvalue weighted by atomic mass is 16.2. The molecule has 0 unspecified atom stereocenters. The van der Waals surface area contributed by atoms with Gasteiger partial charge in [0, 0.05) is 48.2 Å². The number of nitrogens with zero attached hydrogens (tertiary/aromatic N) is 2. The highest BCUT2D eigenvalue weighted by Crippen LogP contribution is 2.27. The Morgan fingerprint density at radius 1 is 1.15 bits per heavy atom. The van der Waals surface area contributed by atoms with Crippen LogP contribution in [0.5, 0.6) is 0 Å². The van der Waals surface area contributed by atoms with Gasteiger partial charge in [0.15, 0.2) is 0 Å². The number of fused-ring (bicyclic) bond motifs is 2. The van der Waals surface area contributed by atoms with Crippen LogP contribution in [0.4, 0.5) is 0 Å². The first kappa shape index (κ1) is 17.6. The van der Waals surface area contributed by atoms with Gasteiger partial charge in [-0.05, 0) is 51.3 Å². The number of aromatic nitrogens is 1. The summed E-state index contributed by atoms with van der Waals surface area (Å²) in [7, 11) is 0. The van der Waals surface area contributed by atoms with Gasteiger partial charge in [0.05, 0.1) is 0 Å². The minimum absolute atomic E-state index is 0.328. The zero-order chi connectivity index (χ0) is 18.1. The van der Waals surface area contributed by atoms with E-state index in [1.54, 1.807) is 0 Å². The van der Waals surface area contributed by atoms with Gasteiger partial charge < -0.3 is 14.8 Å². The maximum absolute atomic E-state index is 13.0. The first-order valence-corrected chi connectivity index (χ1v) is 10.2. The molecule has 2 aliphatic heterocycles. The maximum Gasteiger partial charge on any atom is 0.224 e. The van der Waals surface area contributed by atoms with Crippen LogP contribution >= 0.6 is 0 Å². The Kier molecular flexibility index (Phi) is 5.03. The van der Waals surface area contributed by atoms with Crippen molar-refractivity contribution in [1.82, 2.24) is 14.8 Å². The molecule has 2 saturated heterocycles. The summed E-state index contributed by atoms with van der Waals surface area (Å²) in [5, 5.41) is 4.99. The van der Waals surface area contributed by atoms with Crippen molar-refractivity contribution in [3.8, 4) is 0 Å². The Balaban J connectivity index is 1.47. The van der Waals surface area contributed by atoms with Crippen molar-refractivity contribution in [1.29, 1.82) is 0 Å². The SMILES string of the molecule is Cc1c(C)n(CCC(=O)N2CC[C@H]3NCCCCC[C@@H]32)c2ccccc12. The molecule has 2 atom stereocenters. The number of hydrogen-bond donors (Lipinski definition) is 1. The van der Waals surface area contributed by atoms with E-state index < -0.39 is 0 Å². The summed E-state index contributed by atoms with van der Waals surface area (Å²) in [5.74, 6) is 0.328. The summed E-state index contributed by atoms with van der Waals surface area (Å²) in [6, 6.07) is 9.45. The summed E-state index contributed by atoms with van der Waals surface area (Å²) in [6.45, 7) is 7.16. The molecule has 1 aromatic heterocycles. The lowest BCUT2D eigenvalue weighted by molar-refractivity contribution is -0.132. The second-order valence-electron chi connectivity index (χ2n) is 7.98. The predicted octanol–water partition coefficient (Wildman–Crippen LogP) is 3.78. The molecule has 0 radical (unpaired) electrons. The lowest BCUT2D eigenvalue weighted by Crippen LogP contribution is -2.46. The second kappa shape index (κ2) is 7.43. The quantitative estimate of drug-likeness (QED) is 0.912. The number of nitrogens with one attached hydrogen (secondary N) is 1. The van der Waals surface area contributed by atoms with Crippen LogP contribution < -0.4 is 5.32 Å². The molecule has 0 aliphatic carbocycles. The lowest BCUT2D eigenvalue weighted by atomic mass is 9.99. The molecule has 0 bridgehead atoms. The van der Waals surface area contributed by atoms with Crippen LogP contribution in [-0.2, 0) is 11.3 Å². The minimum atomic E-state index is 0.328. The molecule has 0 saturated carbocycles. The highest BCUT2D eigenvalue weighted by Gasteiger charge is 2.36. The molecule has 4 nitrogen and oxygen atoms in total. The van der Waals surface area contributed by atoms with Crippen molar-refractivity contribution in [2.24, 2.45) is 0 Å². The van der Waals surface area contributed by atoms with Crippen LogP contribution in [0.25, 0.3) is 10.9 Å². The molecule has 2 aliphatic rings. The lowest BCUT2D eigenvalue weighted by Gasteiger charge is -2.30. The Bertz CT molecular complexity index is 794. The van der Waals surface area contributed by atoms with Crippen LogP contribution in [0.3, 0.4) is 0 Å². The summed E-state index contributed by atoms with van der Waals surface area (Å²) in [4.78, 5) is 15.2. The highest BCUT2D eigenvalue weighted by molar-refractivity contribution is 5.85. The molecule has 26 heavy (non-hydrogen) atoms. The minimum Gasteiger partial charge on any atom is -0.344 e. The third-order valence-corrected chi connectivity index (χ3v) is 6.55. The fourth-order valence-corrected chi connectivity index (χ4v) is 4.94. The van der Waals surface area contributed by atoms with Crippen molar-refractivity contribution in [3.05, 3.63) is 35.5 Å². The van der Waals surface area contributed by atoms with E-state index in [0.29, 0.717) is 24.4 Å². The zero-order valence-corrected chi connectivity index (χ0v) is 16.1. The van der Waals surface area contributed by atoms with Gasteiger partial charge in [0.1, 0.15) is 0 Å². The van der Waals surface area contributed by atoms with Crippen LogP contribution in [0, 0.1) is 13.8 Å². The van der Waals surface area contributed by atoms with Gasteiger partial charge >= 0.3 is 0 Å². The van der Waals surface area contributed by atoms with Gasteiger partial charge in [0.25, 0.3) is 0 Å². The molecule has 2 fully saturated rings. The van der Waals surface area contributed by atoms with Gasteiger partial charge in [0.2, 0.25) is 5.91 Å². The summed E-state index contributed by atoms with van der Waals surface area (Å²) < 4.78 is 2.33. The third kappa shape index (κ3) is 3.16. The van der Waals surface area contributed by atoms with E-state index >= 15 is 0 Å². The van der Waals surface area contributed by atoms with Crippen LogP contribution in [-0.4, -0.2) is 40.5 Å². The smallest absolute Gasteiger partial charge is 0.224 e. The van der Waals surface area contributed by atoms with E-state index in [9.17, 15) is 4.79 Å². The topological polar surface area (TPSA) is 37.3 Å². The predicted molar refractivity (Wildman–Crippen MR) is 106 cm³/mol. The summed E-state index contributed by atoms with van der Waals surface area (Å²) >= 11 is 0. The maximum atomic E-state index is 13.0. The monoisotopic (exact) mass is 353 g/mol. The van der Waals surface area contributed by atoms with E-state index in [2.05, 4.69) is 52.9 Å². The number of amides is 1. The molecule has 1 N–H and O–H groups in total. The standard InChI is InChI=1S/C22H31N3O/c1-16-17(2)24(20-9-6-5-8-18(16)20)15-12-22(26)25-14-11-19-21(25)10-4-3-7-13-23-19/h5-6,8-9,19,21,23H,3-4,7,10-15H2,1-2H3/t19-,21+/m1/s1. The van der Waals surface area contributed by atoms with Crippen LogP contribution in [0.2, 0.25) is 0 Å². The first-order chi connectivity index (χ1) is 12.7. The third-order valence-electron chi connectivity index (χ3n) is 6.55. The molecular formula is C22H31N3O. The number of aryl methyl sites for hydroxylation is 2. The van der Waals surface area contributed by atoms with E-state index in [4.69, 9.17) is 0 Å². The second-order valence-corrected chi connectivity index (χ2v) is 7.98. The van der Waals surface area contributed by atoms with Crippen molar-refractivity contribution in [3.63, 3.8) is 0 Å². The Morgan fingerprint density at radius 2 is 2.00 bits per heavy atom. The molecule has 1 amide bonds. The molecule has 0 spiro atoms. The summed E-state index contributed by atoms with van der Waals surface area (Å²) in [6.07, 6.45) is 6.69. The molecule has 140 valence electrons. The Labute approximate surface area is 156 Å². The first-order valence-electron chi connectivity index (χ1n) is 10.2. The van der Waals surface area contributed by atoms with Gasteiger partial charge in [-0.3, -0.25) is 4.79 Å². The number of benzene rings is 1. The van der Waals surface area contributed by atoms with Gasteiger partial charge in [-0.1, -0.05) is 31.0 Å². The number of rotatable bonds is 3. The zero-order valence-electron chi connectivity index (χ0n) is 16.1. The van der Waals surface area contributed by atoms with Gasteiger partial charge in [-0.15, -0.1) is 0 Å². The number of hydrogen-bond acceptors (Lipinski definition) is 2. The number of carbonyl (C=O) groups is 1. The number of carbonyl (C=O) groups excluding carboxylic acids is 1. The normalized spacial score (nSPS) is 23.7. The molecule has 2 aromatic rings. The fourth-order valence-electron chi connectivity index (χ4n) is 4.94. The van der Waals surface area contributed by atoms with E-state index in [0.717, 1.165) is 32.5 Å². The molecule has 4 rings (SSSR count). The Hall–Kier alpha value is -1.81. The average Bonchev–Trinajstić information content (AvgIpc) is 3.12. The van der Waals surface area contributed by atoms with Crippen molar-refractivity contribution in [2.75, 3.05) is 13.1 Å². The van der Waals surface area contributed by atoms with Gasteiger partial charge in [-0.2, -0.15) is 0 Å². The van der Waals surface area contributed by atoms with E-state index in [1.165, 1.54) is 41.4 Å². The molecular weight excluding hydrogens is 322 g/mol. The largest absolute Gasteiger partial charge is 0.344 e. The van der Waals surface area contributed by atoms with Crippen molar-refractivity contribution < 1.29 is 4.79 Å². The number of likely N-dealkylation sites (tertiary alicyclic amines) is 1. The van der Waals surface area contributed by atoms with E-state index in [-0.39, 0.29) is 0 Å². The van der Waals surface area contributed by atoms with Crippen LogP contribution in [0.15, 0.2) is 24.3 Å². The number of para-hydroxylation sites is 1. The summed E-state index contributed by atoms with van der Waals surface area (Å²) in [5.41, 5.74) is 3.87. The fraction of sp³-hybridized carbons (Fsp3) is 0.591. The molecule has 3 heterocycles. The van der Waals surface area contributed by atoms with Crippen molar-refractivity contribution in [2.45, 2.75) is 71.0 Å². The van der Waals surface area contributed by atoms with Crippen LogP contribution in [0.1, 0.15) is 49.8 Å².